The predicted molar refractivity (Wildman–Crippen MR) is 170 cm³/mol. The SMILES string of the molecule is CCC(/C=C1\Sc2ccc(-c3ccccc3)cc2N1CC)=C\c1sc2ccc(COOC)cc2[n+]1CC(C)S(=O)(=O)[O-]. The predicted octanol–water partition coefficient (Wildman–Crippen LogP) is 7.13. The molecular weight excluding hydrogens is 589 g/mol. The van der Waals surface area contributed by atoms with E-state index in [0.717, 1.165) is 44.4 Å². The molecule has 0 bridgehead atoms. The smallest absolute Gasteiger partial charge is 0.263 e. The van der Waals surface area contributed by atoms with Gasteiger partial charge in [0.25, 0.3) is 5.01 Å². The van der Waals surface area contributed by atoms with Gasteiger partial charge in [-0.2, -0.15) is 4.57 Å². The first-order chi connectivity index (χ1) is 20.2. The number of fused-ring (bicyclic) bond motifs is 2. The van der Waals surface area contributed by atoms with Gasteiger partial charge < -0.3 is 9.45 Å². The van der Waals surface area contributed by atoms with Gasteiger partial charge in [-0.05, 0) is 66.8 Å². The molecule has 1 unspecified atom stereocenters. The molecule has 1 aliphatic heterocycles. The number of thioether (sulfide) groups is 1. The molecule has 0 amide bonds. The van der Waals surface area contributed by atoms with Crippen molar-refractivity contribution in [3.05, 3.63) is 94.0 Å². The largest absolute Gasteiger partial charge is 0.748 e. The minimum Gasteiger partial charge on any atom is -0.748 e. The molecule has 2 heterocycles. The van der Waals surface area contributed by atoms with Crippen molar-refractivity contribution in [2.75, 3.05) is 18.6 Å². The third kappa shape index (κ3) is 6.64. The molecule has 1 aromatic heterocycles. The Morgan fingerprint density at radius 1 is 1.07 bits per heavy atom. The Morgan fingerprint density at radius 2 is 1.86 bits per heavy atom. The van der Waals surface area contributed by atoms with E-state index in [1.165, 1.54) is 35.7 Å². The molecule has 0 fully saturated rings. The fraction of sp³-hybridized carbons (Fsp3) is 0.281. The van der Waals surface area contributed by atoms with E-state index in [1.54, 1.807) is 23.1 Å². The summed E-state index contributed by atoms with van der Waals surface area (Å²) in [5.74, 6) is 0. The summed E-state index contributed by atoms with van der Waals surface area (Å²) >= 11 is 3.33. The first kappa shape index (κ1) is 30.5. The number of anilines is 1. The molecule has 0 radical (unpaired) electrons. The van der Waals surface area contributed by atoms with Crippen LogP contribution in [0.4, 0.5) is 5.69 Å². The fourth-order valence-electron chi connectivity index (χ4n) is 4.92. The number of thiazole rings is 1. The molecule has 7 nitrogen and oxygen atoms in total. The molecule has 220 valence electrons. The van der Waals surface area contributed by atoms with Crippen LogP contribution >= 0.6 is 23.1 Å². The highest BCUT2D eigenvalue weighted by Crippen LogP contribution is 2.47. The van der Waals surface area contributed by atoms with E-state index in [4.69, 9.17) is 9.78 Å². The summed E-state index contributed by atoms with van der Waals surface area (Å²) in [6, 6.07) is 22.9. The standard InChI is InChI=1S/C32H34N2O5S3/c1-5-23(17-31-33(6-2)28-19-26(13-15-30(28)40-31)25-10-8-7-9-11-25)18-32-34(20-22(3)42(35,36)37)27-16-24(21-39-38-4)12-14-29(27)41-32/h7-19,22H,5-6,20-21H2,1-4H3. The number of nitrogens with zero attached hydrogens (tertiary/aromatic N) is 2. The topological polar surface area (TPSA) is 82.8 Å². The van der Waals surface area contributed by atoms with Crippen molar-refractivity contribution in [1.82, 2.24) is 0 Å². The van der Waals surface area contributed by atoms with Crippen LogP contribution in [0.5, 0.6) is 0 Å². The van der Waals surface area contributed by atoms with E-state index in [-0.39, 0.29) is 13.2 Å². The molecule has 10 heteroatoms. The zero-order valence-electron chi connectivity index (χ0n) is 24.1. The van der Waals surface area contributed by atoms with Crippen molar-refractivity contribution >= 4 is 55.2 Å². The first-order valence-corrected chi connectivity index (χ1v) is 16.9. The number of benzene rings is 3. The lowest BCUT2D eigenvalue weighted by Crippen LogP contribution is -2.42. The second kappa shape index (κ2) is 13.1. The third-order valence-electron chi connectivity index (χ3n) is 7.25. The molecule has 42 heavy (non-hydrogen) atoms. The van der Waals surface area contributed by atoms with Gasteiger partial charge >= 0.3 is 0 Å². The Balaban J connectivity index is 1.53. The van der Waals surface area contributed by atoms with Gasteiger partial charge in [0.1, 0.15) is 26.7 Å². The zero-order valence-corrected chi connectivity index (χ0v) is 26.5. The Hall–Kier alpha value is -2.99. The molecule has 0 spiro atoms. The minimum atomic E-state index is -4.46. The highest BCUT2D eigenvalue weighted by molar-refractivity contribution is 8.03. The van der Waals surface area contributed by atoms with Crippen LogP contribution in [0.15, 0.2) is 88.3 Å². The summed E-state index contributed by atoms with van der Waals surface area (Å²) in [6.07, 6.45) is 5.11. The number of allylic oxidation sites excluding steroid dienone is 2. The van der Waals surface area contributed by atoms with Gasteiger partial charge in [-0.3, -0.25) is 0 Å². The van der Waals surface area contributed by atoms with E-state index in [0.29, 0.717) is 0 Å². The van der Waals surface area contributed by atoms with Crippen molar-refractivity contribution in [2.24, 2.45) is 0 Å². The molecule has 5 rings (SSSR count). The summed E-state index contributed by atoms with van der Waals surface area (Å²) in [6.45, 7) is 6.87. The summed E-state index contributed by atoms with van der Waals surface area (Å²) in [7, 11) is -3.00. The van der Waals surface area contributed by atoms with Gasteiger partial charge in [-0.25, -0.2) is 18.2 Å². The lowest BCUT2D eigenvalue weighted by Gasteiger charge is -2.19. The zero-order chi connectivity index (χ0) is 29.9. The normalized spacial score (nSPS) is 15.5. The molecule has 0 saturated carbocycles. The van der Waals surface area contributed by atoms with Crippen LogP contribution in [0.25, 0.3) is 27.4 Å². The van der Waals surface area contributed by atoms with Crippen molar-refractivity contribution in [1.29, 1.82) is 0 Å². The molecule has 1 aliphatic rings. The maximum Gasteiger partial charge on any atom is 0.263 e. The quantitative estimate of drug-likeness (QED) is 0.0761. The van der Waals surface area contributed by atoms with Crippen LogP contribution < -0.4 is 9.47 Å². The van der Waals surface area contributed by atoms with Crippen LogP contribution in [0.1, 0.15) is 37.8 Å². The van der Waals surface area contributed by atoms with Crippen molar-refractivity contribution in [2.45, 2.75) is 50.5 Å². The van der Waals surface area contributed by atoms with E-state index in [1.807, 2.05) is 28.8 Å². The molecule has 3 aromatic carbocycles. The fourth-order valence-corrected chi connectivity index (χ4v) is 7.56. The Bertz CT molecular complexity index is 1750. The maximum absolute atomic E-state index is 11.9. The minimum absolute atomic E-state index is 0.0589. The lowest BCUT2D eigenvalue weighted by molar-refractivity contribution is -0.667. The van der Waals surface area contributed by atoms with Gasteiger partial charge in [0.15, 0.2) is 6.54 Å². The van der Waals surface area contributed by atoms with E-state index < -0.39 is 15.4 Å². The van der Waals surface area contributed by atoms with Gasteiger partial charge in [0.05, 0.1) is 17.8 Å². The van der Waals surface area contributed by atoms with Crippen molar-refractivity contribution in [3.63, 3.8) is 0 Å². The van der Waals surface area contributed by atoms with Gasteiger partial charge in [-0.1, -0.05) is 72.5 Å². The van der Waals surface area contributed by atoms with Crippen LogP contribution in [0, 0.1) is 0 Å². The number of hydrogen-bond acceptors (Lipinski definition) is 8. The molecule has 4 aromatic rings. The third-order valence-corrected chi connectivity index (χ3v) is 10.6. The summed E-state index contributed by atoms with van der Waals surface area (Å²) in [5.41, 5.74) is 6.41. The summed E-state index contributed by atoms with van der Waals surface area (Å²) in [5, 5.41) is 0.950. The molecule has 0 saturated heterocycles. The Labute approximate surface area is 255 Å². The molecule has 0 N–H and O–H groups in total. The van der Waals surface area contributed by atoms with E-state index >= 15 is 0 Å². The average Bonchev–Trinajstić information content (AvgIpc) is 3.51. The van der Waals surface area contributed by atoms with Gasteiger partial charge in [0, 0.05) is 23.6 Å². The molecular formula is C32H34N2O5S3. The van der Waals surface area contributed by atoms with Crippen molar-refractivity contribution < 1.29 is 27.3 Å². The lowest BCUT2D eigenvalue weighted by atomic mass is 10.0. The Morgan fingerprint density at radius 3 is 2.55 bits per heavy atom. The first-order valence-electron chi connectivity index (χ1n) is 13.8. The molecule has 1 atom stereocenters. The van der Waals surface area contributed by atoms with E-state index in [2.05, 4.69) is 73.4 Å². The second-order valence-electron chi connectivity index (χ2n) is 10.0. The van der Waals surface area contributed by atoms with Gasteiger partial charge in [0.2, 0.25) is 5.52 Å². The maximum atomic E-state index is 11.9. The summed E-state index contributed by atoms with van der Waals surface area (Å²) in [4.78, 5) is 13.4. The highest BCUT2D eigenvalue weighted by atomic mass is 32.2. The Kier molecular flexibility index (Phi) is 9.51. The highest BCUT2D eigenvalue weighted by Gasteiger charge is 2.27. The number of aromatic nitrogens is 1. The summed E-state index contributed by atoms with van der Waals surface area (Å²) < 4.78 is 38.6. The van der Waals surface area contributed by atoms with Gasteiger partial charge in [-0.15, -0.1) is 0 Å². The van der Waals surface area contributed by atoms with Crippen LogP contribution in [0.2, 0.25) is 0 Å². The second-order valence-corrected chi connectivity index (χ2v) is 14.0. The molecule has 0 aliphatic carbocycles. The van der Waals surface area contributed by atoms with Crippen LogP contribution in [-0.2, 0) is 33.0 Å². The monoisotopic (exact) mass is 622 g/mol. The van der Waals surface area contributed by atoms with Crippen LogP contribution in [0.3, 0.4) is 0 Å². The number of hydrogen-bond donors (Lipinski definition) is 0. The number of rotatable bonds is 11. The van der Waals surface area contributed by atoms with Crippen molar-refractivity contribution in [3.8, 4) is 11.1 Å². The van der Waals surface area contributed by atoms with Crippen LogP contribution in [-0.4, -0.2) is 31.9 Å². The van der Waals surface area contributed by atoms with E-state index in [9.17, 15) is 13.0 Å². The average molecular weight is 623 g/mol.